The number of nitrogens with two attached hydrogens (primary N) is 2. The zero-order chi connectivity index (χ0) is 14.6. The van der Waals surface area contributed by atoms with Crippen LogP contribution in [-0.4, -0.2) is 48.4 Å². The van der Waals surface area contributed by atoms with Crippen LogP contribution >= 0.6 is 0 Å². The molecule has 0 aromatic rings. The minimum Gasteiger partial charge on any atom is -0.369 e. The van der Waals surface area contributed by atoms with E-state index < -0.39 is 6.04 Å². The predicted molar refractivity (Wildman–Crippen MR) is 74.2 cm³/mol. The number of likely N-dealkylation sites (tertiary alicyclic amines) is 1. The van der Waals surface area contributed by atoms with Crippen molar-refractivity contribution in [3.05, 3.63) is 0 Å². The highest BCUT2D eigenvalue weighted by Crippen LogP contribution is 2.18. The molecule has 0 spiro atoms. The van der Waals surface area contributed by atoms with Gasteiger partial charge in [0.15, 0.2) is 0 Å². The molecular weight excluding hydrogens is 244 g/mol. The van der Waals surface area contributed by atoms with Crippen molar-refractivity contribution in [3.63, 3.8) is 0 Å². The normalized spacial score (nSPS) is 20.0. The molecule has 0 radical (unpaired) electrons. The highest BCUT2D eigenvalue weighted by atomic mass is 16.2. The molecular formula is C13H26N4O2. The van der Waals surface area contributed by atoms with Gasteiger partial charge in [-0.25, -0.2) is 0 Å². The largest absolute Gasteiger partial charge is 0.369 e. The van der Waals surface area contributed by atoms with Crippen molar-refractivity contribution in [3.8, 4) is 0 Å². The number of nitrogens with zero attached hydrogens (tertiary/aromatic N) is 1. The molecule has 1 fully saturated rings. The van der Waals surface area contributed by atoms with Crippen LogP contribution in [0.5, 0.6) is 0 Å². The SMILES string of the molecule is CC(C)(C)C(N)C(=O)NC1CCN(CC(N)=O)CC1. The summed E-state index contributed by atoms with van der Waals surface area (Å²) in [5, 5.41) is 2.99. The molecule has 110 valence electrons. The maximum Gasteiger partial charge on any atom is 0.237 e. The Morgan fingerprint density at radius 2 is 1.84 bits per heavy atom. The number of primary amides is 1. The summed E-state index contributed by atoms with van der Waals surface area (Å²) in [7, 11) is 0. The smallest absolute Gasteiger partial charge is 0.237 e. The number of carbonyl (C=O) groups is 2. The van der Waals surface area contributed by atoms with Crippen LogP contribution in [0.25, 0.3) is 0 Å². The first-order valence-corrected chi connectivity index (χ1v) is 6.77. The Hall–Kier alpha value is -1.14. The van der Waals surface area contributed by atoms with Crippen molar-refractivity contribution in [2.75, 3.05) is 19.6 Å². The van der Waals surface area contributed by atoms with Gasteiger partial charge in [0.1, 0.15) is 0 Å². The molecule has 1 heterocycles. The lowest BCUT2D eigenvalue weighted by Gasteiger charge is -2.33. The first-order chi connectivity index (χ1) is 8.70. The van der Waals surface area contributed by atoms with Crippen LogP contribution in [0.1, 0.15) is 33.6 Å². The van der Waals surface area contributed by atoms with Gasteiger partial charge in [0, 0.05) is 19.1 Å². The van der Waals surface area contributed by atoms with Gasteiger partial charge in [-0.3, -0.25) is 14.5 Å². The molecule has 1 rings (SSSR count). The summed E-state index contributed by atoms with van der Waals surface area (Å²) in [4.78, 5) is 24.8. The molecule has 0 saturated carbocycles. The van der Waals surface area contributed by atoms with Gasteiger partial charge in [0.25, 0.3) is 0 Å². The Bertz CT molecular complexity index is 330. The van der Waals surface area contributed by atoms with Crippen molar-refractivity contribution >= 4 is 11.8 Å². The van der Waals surface area contributed by atoms with E-state index >= 15 is 0 Å². The predicted octanol–water partition coefficient (Wildman–Crippen LogP) is -0.574. The summed E-state index contributed by atoms with van der Waals surface area (Å²) in [5.74, 6) is -0.405. The maximum absolute atomic E-state index is 12.0. The fraction of sp³-hybridized carbons (Fsp3) is 0.846. The van der Waals surface area contributed by atoms with Gasteiger partial charge in [-0.05, 0) is 18.3 Å². The molecule has 0 aliphatic carbocycles. The number of piperidine rings is 1. The number of hydrogen-bond donors (Lipinski definition) is 3. The fourth-order valence-electron chi connectivity index (χ4n) is 2.14. The zero-order valence-electron chi connectivity index (χ0n) is 12.1. The minimum atomic E-state index is -0.504. The number of nitrogens with one attached hydrogen (secondary N) is 1. The highest BCUT2D eigenvalue weighted by molar-refractivity contribution is 5.82. The zero-order valence-corrected chi connectivity index (χ0v) is 12.1. The van der Waals surface area contributed by atoms with Crippen LogP contribution < -0.4 is 16.8 Å². The molecule has 1 unspecified atom stereocenters. The van der Waals surface area contributed by atoms with E-state index in [2.05, 4.69) is 5.32 Å². The van der Waals surface area contributed by atoms with Gasteiger partial charge in [0.2, 0.25) is 11.8 Å². The molecule has 0 aromatic carbocycles. The minimum absolute atomic E-state index is 0.0964. The third-order valence-corrected chi connectivity index (χ3v) is 3.53. The van der Waals surface area contributed by atoms with Crippen LogP contribution in [0.2, 0.25) is 0 Å². The van der Waals surface area contributed by atoms with Crippen LogP contribution in [0.4, 0.5) is 0 Å². The Labute approximate surface area is 114 Å². The monoisotopic (exact) mass is 270 g/mol. The average Bonchev–Trinajstić information content (AvgIpc) is 2.28. The van der Waals surface area contributed by atoms with Crippen molar-refractivity contribution in [2.24, 2.45) is 16.9 Å². The molecule has 19 heavy (non-hydrogen) atoms. The third-order valence-electron chi connectivity index (χ3n) is 3.53. The molecule has 6 nitrogen and oxygen atoms in total. The van der Waals surface area contributed by atoms with E-state index in [0.717, 1.165) is 25.9 Å². The van der Waals surface area contributed by atoms with E-state index in [0.29, 0.717) is 6.54 Å². The molecule has 0 bridgehead atoms. The number of rotatable bonds is 4. The van der Waals surface area contributed by atoms with Crippen LogP contribution in [0.3, 0.4) is 0 Å². The third kappa shape index (κ3) is 5.16. The molecule has 1 atom stereocenters. The number of carbonyl (C=O) groups excluding carboxylic acids is 2. The van der Waals surface area contributed by atoms with E-state index in [1.807, 2.05) is 25.7 Å². The van der Waals surface area contributed by atoms with E-state index in [-0.39, 0.29) is 23.3 Å². The molecule has 6 heteroatoms. The summed E-state index contributed by atoms with van der Waals surface area (Å²) < 4.78 is 0. The molecule has 1 aliphatic heterocycles. The van der Waals surface area contributed by atoms with Gasteiger partial charge >= 0.3 is 0 Å². The Morgan fingerprint density at radius 1 is 1.32 bits per heavy atom. The summed E-state index contributed by atoms with van der Waals surface area (Å²) in [6.07, 6.45) is 1.66. The molecule has 1 saturated heterocycles. The number of hydrogen-bond acceptors (Lipinski definition) is 4. The number of amides is 2. The van der Waals surface area contributed by atoms with Crippen molar-refractivity contribution < 1.29 is 9.59 Å². The molecule has 1 aliphatic rings. The van der Waals surface area contributed by atoms with Crippen LogP contribution in [-0.2, 0) is 9.59 Å². The Balaban J connectivity index is 2.37. The lowest BCUT2D eigenvalue weighted by molar-refractivity contribution is -0.126. The van der Waals surface area contributed by atoms with Crippen LogP contribution in [0.15, 0.2) is 0 Å². The van der Waals surface area contributed by atoms with E-state index in [1.54, 1.807) is 0 Å². The summed E-state index contributed by atoms with van der Waals surface area (Å²) >= 11 is 0. The van der Waals surface area contributed by atoms with E-state index in [9.17, 15) is 9.59 Å². The maximum atomic E-state index is 12.0. The lowest BCUT2D eigenvalue weighted by Crippen LogP contribution is -2.53. The highest BCUT2D eigenvalue weighted by Gasteiger charge is 2.29. The van der Waals surface area contributed by atoms with Crippen LogP contribution in [0, 0.1) is 5.41 Å². The standard InChI is InChI=1S/C13H26N4O2/c1-13(2,3)11(15)12(19)16-9-4-6-17(7-5-9)8-10(14)18/h9,11H,4-8,15H2,1-3H3,(H2,14,18)(H,16,19). The van der Waals surface area contributed by atoms with Crippen molar-refractivity contribution in [1.29, 1.82) is 0 Å². The summed E-state index contributed by atoms with van der Waals surface area (Å²) in [6.45, 7) is 7.70. The fourth-order valence-corrected chi connectivity index (χ4v) is 2.14. The second kappa shape index (κ2) is 6.34. The first-order valence-electron chi connectivity index (χ1n) is 6.77. The molecule has 5 N–H and O–H groups in total. The van der Waals surface area contributed by atoms with Gasteiger partial charge in [-0.2, -0.15) is 0 Å². The summed E-state index contributed by atoms with van der Waals surface area (Å²) in [6, 6.07) is -0.360. The second-order valence-electron chi connectivity index (χ2n) is 6.37. The summed E-state index contributed by atoms with van der Waals surface area (Å²) in [5.41, 5.74) is 10.8. The second-order valence-corrected chi connectivity index (χ2v) is 6.37. The molecule has 2 amide bonds. The Kier molecular flexibility index (Phi) is 5.31. The lowest BCUT2D eigenvalue weighted by atomic mass is 9.86. The van der Waals surface area contributed by atoms with Gasteiger partial charge in [-0.15, -0.1) is 0 Å². The van der Waals surface area contributed by atoms with Crippen molar-refractivity contribution in [2.45, 2.75) is 45.7 Å². The molecule has 0 aromatic heterocycles. The van der Waals surface area contributed by atoms with E-state index in [4.69, 9.17) is 11.5 Å². The van der Waals surface area contributed by atoms with Gasteiger partial charge in [-0.1, -0.05) is 20.8 Å². The Morgan fingerprint density at radius 3 is 2.26 bits per heavy atom. The van der Waals surface area contributed by atoms with Gasteiger partial charge < -0.3 is 16.8 Å². The first kappa shape index (κ1) is 15.9. The average molecular weight is 270 g/mol. The van der Waals surface area contributed by atoms with Crippen molar-refractivity contribution in [1.82, 2.24) is 10.2 Å². The quantitative estimate of drug-likeness (QED) is 0.636. The van der Waals surface area contributed by atoms with E-state index in [1.165, 1.54) is 0 Å². The van der Waals surface area contributed by atoms with Gasteiger partial charge in [0.05, 0.1) is 12.6 Å². The topological polar surface area (TPSA) is 101 Å².